The number of aliphatic hydroxyl groups excluding tert-OH is 1. The van der Waals surface area contributed by atoms with Gasteiger partial charge in [-0.25, -0.2) is 18.0 Å². The second-order valence-electron chi connectivity index (χ2n) is 3.86. The van der Waals surface area contributed by atoms with Crippen LogP contribution in [0.25, 0.3) is 5.76 Å². The fourth-order valence-corrected chi connectivity index (χ4v) is 1.45. The number of hydrogen-bond donors (Lipinski definition) is 1. The smallest absolute Gasteiger partial charge is 0.343 e. The van der Waals surface area contributed by atoms with Crippen LogP contribution in [0.3, 0.4) is 0 Å². The molecule has 0 saturated heterocycles. The van der Waals surface area contributed by atoms with Gasteiger partial charge in [0.05, 0.1) is 12.2 Å². The number of carbonyl (C=O) groups excluding carboxylic acids is 1. The van der Waals surface area contributed by atoms with Crippen molar-refractivity contribution < 1.29 is 27.8 Å². The Bertz CT molecular complexity index is 597. The van der Waals surface area contributed by atoms with Gasteiger partial charge in [0, 0.05) is 18.8 Å². The zero-order valence-electron chi connectivity index (χ0n) is 11.5. The highest BCUT2D eigenvalue weighted by Gasteiger charge is 2.20. The number of aliphatic hydroxyl groups is 1. The number of rotatable bonds is 5. The molecule has 0 bridgehead atoms. The minimum Gasteiger partial charge on any atom is -0.506 e. The summed E-state index contributed by atoms with van der Waals surface area (Å²) < 4.78 is 44.3. The topological polar surface area (TPSA) is 58.9 Å². The summed E-state index contributed by atoms with van der Waals surface area (Å²) in [6.45, 7) is 3.54. The second kappa shape index (κ2) is 7.47. The van der Waals surface area contributed by atoms with Gasteiger partial charge in [0.15, 0.2) is 11.6 Å². The maximum atomic E-state index is 13.6. The predicted octanol–water partition coefficient (Wildman–Crippen LogP) is 3.03. The fourth-order valence-electron chi connectivity index (χ4n) is 1.45. The van der Waals surface area contributed by atoms with Crippen LogP contribution < -0.4 is 0 Å². The molecule has 0 aliphatic rings. The van der Waals surface area contributed by atoms with E-state index in [4.69, 9.17) is 4.74 Å². The third kappa shape index (κ3) is 4.08. The molecule has 0 fully saturated rings. The number of nitrogens with zero attached hydrogens (tertiary/aromatic N) is 1. The number of benzene rings is 1. The molecule has 0 heterocycles. The molecule has 0 saturated carbocycles. The molecule has 0 amide bonds. The van der Waals surface area contributed by atoms with Gasteiger partial charge in [-0.05, 0) is 19.9 Å². The molecule has 4 nitrogen and oxygen atoms in total. The number of hydrogen-bond acceptors (Lipinski definition) is 4. The lowest BCUT2D eigenvalue weighted by atomic mass is 10.1. The Morgan fingerprint density at radius 1 is 1.24 bits per heavy atom. The largest absolute Gasteiger partial charge is 0.506 e. The third-order valence-corrected chi connectivity index (χ3v) is 2.42. The average molecular weight is 301 g/mol. The van der Waals surface area contributed by atoms with E-state index in [0.29, 0.717) is 12.6 Å². The number of carbonyl (C=O) groups is 1. The van der Waals surface area contributed by atoms with E-state index in [0.717, 1.165) is 6.21 Å². The second-order valence-corrected chi connectivity index (χ2v) is 3.86. The van der Waals surface area contributed by atoms with E-state index in [1.807, 2.05) is 0 Å². The van der Waals surface area contributed by atoms with Gasteiger partial charge < -0.3 is 9.84 Å². The van der Waals surface area contributed by atoms with Crippen molar-refractivity contribution >= 4 is 17.9 Å². The first kappa shape index (κ1) is 16.7. The van der Waals surface area contributed by atoms with Crippen LogP contribution in [0.15, 0.2) is 22.7 Å². The SMILES string of the molecule is CCN=CC(C(=O)OCC)=C(O)c1cc(F)c(F)cc1F. The Morgan fingerprint density at radius 3 is 2.43 bits per heavy atom. The van der Waals surface area contributed by atoms with Gasteiger partial charge >= 0.3 is 5.97 Å². The molecule has 0 unspecified atom stereocenters. The average Bonchev–Trinajstić information content (AvgIpc) is 2.43. The van der Waals surface area contributed by atoms with Crippen LogP contribution in [0.2, 0.25) is 0 Å². The van der Waals surface area contributed by atoms with Gasteiger partial charge in [0.2, 0.25) is 0 Å². The van der Waals surface area contributed by atoms with Crippen molar-refractivity contribution in [3.05, 3.63) is 40.7 Å². The van der Waals surface area contributed by atoms with E-state index < -0.39 is 40.3 Å². The van der Waals surface area contributed by atoms with Crippen LogP contribution in [0.4, 0.5) is 13.2 Å². The van der Waals surface area contributed by atoms with Gasteiger partial charge in [-0.15, -0.1) is 0 Å². The highest BCUT2D eigenvalue weighted by atomic mass is 19.2. The minimum atomic E-state index is -1.40. The fraction of sp³-hybridized carbons (Fsp3) is 0.286. The van der Waals surface area contributed by atoms with E-state index in [2.05, 4.69) is 4.99 Å². The van der Waals surface area contributed by atoms with Crippen LogP contribution in [-0.4, -0.2) is 30.4 Å². The summed E-state index contributed by atoms with van der Waals surface area (Å²) in [6, 6.07) is 0.736. The maximum Gasteiger partial charge on any atom is 0.343 e. The first-order chi connectivity index (χ1) is 9.92. The minimum absolute atomic E-state index is 0.0237. The molecule has 1 rings (SSSR count). The molecule has 21 heavy (non-hydrogen) atoms. The Morgan fingerprint density at radius 2 is 1.86 bits per heavy atom. The van der Waals surface area contributed by atoms with E-state index >= 15 is 0 Å². The lowest BCUT2D eigenvalue weighted by Crippen LogP contribution is -2.12. The Balaban J connectivity index is 3.42. The molecule has 1 aromatic rings. The predicted molar refractivity (Wildman–Crippen MR) is 71.5 cm³/mol. The first-order valence-corrected chi connectivity index (χ1v) is 6.17. The summed E-state index contributed by atoms with van der Waals surface area (Å²) in [4.78, 5) is 15.5. The number of ether oxygens (including phenoxy) is 1. The molecule has 1 aromatic carbocycles. The molecule has 0 aliphatic heterocycles. The lowest BCUT2D eigenvalue weighted by Gasteiger charge is -2.08. The molecular weight excluding hydrogens is 287 g/mol. The van der Waals surface area contributed by atoms with Gasteiger partial charge in [-0.2, -0.15) is 0 Å². The standard InChI is InChI=1S/C14H14F3NO3/c1-3-18-7-9(14(20)21-4-2)13(19)8-5-11(16)12(17)6-10(8)15/h5-7,19H,3-4H2,1-2H3. The number of aliphatic imine (C=N–C) groups is 1. The molecule has 0 aromatic heterocycles. The Hall–Kier alpha value is -2.31. The van der Waals surface area contributed by atoms with Crippen LogP contribution >= 0.6 is 0 Å². The highest BCUT2D eigenvalue weighted by molar-refractivity contribution is 6.15. The lowest BCUT2D eigenvalue weighted by molar-refractivity contribution is -0.137. The summed E-state index contributed by atoms with van der Waals surface area (Å²) in [5.74, 6) is -5.78. The quantitative estimate of drug-likeness (QED) is 0.299. The van der Waals surface area contributed by atoms with Crippen molar-refractivity contribution in [3.63, 3.8) is 0 Å². The monoisotopic (exact) mass is 301 g/mol. The summed E-state index contributed by atoms with van der Waals surface area (Å²) in [7, 11) is 0. The van der Waals surface area contributed by atoms with E-state index in [-0.39, 0.29) is 12.7 Å². The summed E-state index contributed by atoms with van der Waals surface area (Å²) in [6.07, 6.45) is 0.994. The van der Waals surface area contributed by atoms with Gasteiger partial charge in [0.25, 0.3) is 0 Å². The summed E-state index contributed by atoms with van der Waals surface area (Å²) >= 11 is 0. The van der Waals surface area contributed by atoms with Gasteiger partial charge in [-0.1, -0.05) is 0 Å². The molecule has 0 atom stereocenters. The van der Waals surface area contributed by atoms with Crippen molar-refractivity contribution in [3.8, 4) is 0 Å². The molecule has 7 heteroatoms. The van der Waals surface area contributed by atoms with Crippen LogP contribution in [0, 0.1) is 17.5 Å². The molecule has 0 aliphatic carbocycles. The van der Waals surface area contributed by atoms with Crippen molar-refractivity contribution in [2.24, 2.45) is 4.99 Å². The maximum absolute atomic E-state index is 13.6. The molecule has 114 valence electrons. The summed E-state index contributed by atoms with van der Waals surface area (Å²) in [5, 5.41) is 9.96. The molecule has 0 spiro atoms. The first-order valence-electron chi connectivity index (χ1n) is 6.17. The van der Waals surface area contributed by atoms with Crippen LogP contribution in [0.1, 0.15) is 19.4 Å². The zero-order chi connectivity index (χ0) is 16.0. The summed E-state index contributed by atoms with van der Waals surface area (Å²) in [5.41, 5.74) is -1.09. The van der Waals surface area contributed by atoms with Crippen molar-refractivity contribution in [1.82, 2.24) is 0 Å². The normalized spacial score (nSPS) is 12.4. The zero-order valence-corrected chi connectivity index (χ0v) is 11.5. The van der Waals surface area contributed by atoms with Crippen molar-refractivity contribution in [2.45, 2.75) is 13.8 Å². The number of esters is 1. The highest BCUT2D eigenvalue weighted by Crippen LogP contribution is 2.22. The van der Waals surface area contributed by atoms with Crippen molar-refractivity contribution in [1.29, 1.82) is 0 Å². The van der Waals surface area contributed by atoms with E-state index in [1.165, 1.54) is 0 Å². The van der Waals surface area contributed by atoms with E-state index in [9.17, 15) is 23.1 Å². The van der Waals surface area contributed by atoms with Gasteiger partial charge in [-0.3, -0.25) is 4.99 Å². The molecule has 1 N–H and O–H groups in total. The third-order valence-electron chi connectivity index (χ3n) is 2.42. The number of halogens is 3. The van der Waals surface area contributed by atoms with Crippen LogP contribution in [0.5, 0.6) is 0 Å². The van der Waals surface area contributed by atoms with E-state index in [1.54, 1.807) is 13.8 Å². The Labute approximate surface area is 119 Å². The van der Waals surface area contributed by atoms with Crippen molar-refractivity contribution in [2.75, 3.05) is 13.2 Å². The van der Waals surface area contributed by atoms with Gasteiger partial charge in [0.1, 0.15) is 17.1 Å². The molecular formula is C14H14F3NO3. The molecule has 0 radical (unpaired) electrons. The Kier molecular flexibility index (Phi) is 5.95. The van der Waals surface area contributed by atoms with Crippen LogP contribution in [-0.2, 0) is 9.53 Å².